The van der Waals surface area contributed by atoms with Crippen LogP contribution in [0, 0.1) is 0 Å². The Morgan fingerprint density at radius 2 is 1.23 bits per heavy atom. The standard InChI is InChI=1S/C27H22O3/c1-29-22-13-7-19(8-14-22)24(20-9-15-23(30-2)16-10-20)17-11-21-12-18-27(28)26-6-4-3-5-25(21)26/h3-18H,1-2H3. The van der Waals surface area contributed by atoms with Crippen LogP contribution in [0.3, 0.4) is 0 Å². The lowest BCUT2D eigenvalue weighted by atomic mass is 9.90. The third-order valence-corrected chi connectivity index (χ3v) is 5.15. The van der Waals surface area contributed by atoms with Crippen molar-refractivity contribution in [2.75, 3.05) is 14.2 Å². The van der Waals surface area contributed by atoms with E-state index in [9.17, 15) is 4.79 Å². The molecule has 30 heavy (non-hydrogen) atoms. The van der Waals surface area contributed by atoms with Crippen molar-refractivity contribution in [2.45, 2.75) is 0 Å². The molecule has 3 nitrogen and oxygen atoms in total. The number of hydrogen-bond acceptors (Lipinski definition) is 3. The second kappa shape index (κ2) is 8.66. The first-order chi connectivity index (χ1) is 14.7. The summed E-state index contributed by atoms with van der Waals surface area (Å²) in [6.45, 7) is 0. The number of ether oxygens (including phenoxy) is 2. The molecule has 0 saturated carbocycles. The summed E-state index contributed by atoms with van der Waals surface area (Å²) >= 11 is 0. The van der Waals surface area contributed by atoms with Gasteiger partial charge in [-0.1, -0.05) is 66.8 Å². The predicted molar refractivity (Wildman–Crippen MR) is 121 cm³/mol. The molecule has 0 atom stereocenters. The highest BCUT2D eigenvalue weighted by Crippen LogP contribution is 2.30. The van der Waals surface area contributed by atoms with Crippen molar-refractivity contribution in [3.63, 3.8) is 0 Å². The van der Waals surface area contributed by atoms with Crippen LogP contribution in [0.15, 0.2) is 97.1 Å². The molecule has 0 N–H and O–H groups in total. The number of fused-ring (bicyclic) bond motifs is 1. The molecule has 0 heterocycles. The zero-order valence-electron chi connectivity index (χ0n) is 17.0. The van der Waals surface area contributed by atoms with Gasteiger partial charge in [-0.2, -0.15) is 0 Å². The van der Waals surface area contributed by atoms with Crippen LogP contribution in [0.2, 0.25) is 0 Å². The van der Waals surface area contributed by atoms with Crippen molar-refractivity contribution in [2.24, 2.45) is 0 Å². The molecule has 0 radical (unpaired) electrons. The van der Waals surface area contributed by atoms with Gasteiger partial charge in [-0.3, -0.25) is 4.79 Å². The van der Waals surface area contributed by atoms with Crippen LogP contribution >= 0.6 is 0 Å². The van der Waals surface area contributed by atoms with E-state index in [-0.39, 0.29) is 5.78 Å². The van der Waals surface area contributed by atoms with Gasteiger partial charge >= 0.3 is 0 Å². The lowest BCUT2D eigenvalue weighted by molar-refractivity contribution is 0.104. The van der Waals surface area contributed by atoms with Gasteiger partial charge in [-0.05, 0) is 58.2 Å². The van der Waals surface area contributed by atoms with Gasteiger partial charge in [0.25, 0.3) is 0 Å². The molecule has 0 amide bonds. The van der Waals surface area contributed by atoms with Crippen LogP contribution in [0.4, 0.5) is 0 Å². The molecule has 1 aliphatic rings. The SMILES string of the molecule is COc1ccc(C(=CC=C2C=CC(=O)c3ccccc32)c2ccc(OC)cc2)cc1. The quantitative estimate of drug-likeness (QED) is 0.535. The Balaban J connectivity index is 1.80. The zero-order valence-corrected chi connectivity index (χ0v) is 17.0. The minimum atomic E-state index is 0.0391. The molecule has 148 valence electrons. The highest BCUT2D eigenvalue weighted by molar-refractivity contribution is 6.12. The zero-order chi connectivity index (χ0) is 20.9. The van der Waals surface area contributed by atoms with Gasteiger partial charge in [0.2, 0.25) is 0 Å². The molecule has 0 spiro atoms. The van der Waals surface area contributed by atoms with Crippen molar-refractivity contribution in [3.8, 4) is 11.5 Å². The Labute approximate surface area is 176 Å². The number of allylic oxidation sites excluding steroid dienone is 5. The monoisotopic (exact) mass is 394 g/mol. The van der Waals surface area contributed by atoms with Crippen molar-refractivity contribution in [3.05, 3.63) is 119 Å². The van der Waals surface area contributed by atoms with E-state index < -0.39 is 0 Å². The van der Waals surface area contributed by atoms with Crippen molar-refractivity contribution < 1.29 is 14.3 Å². The first kappa shape index (κ1) is 19.5. The van der Waals surface area contributed by atoms with E-state index in [4.69, 9.17) is 9.47 Å². The summed E-state index contributed by atoms with van der Waals surface area (Å²) in [5.74, 6) is 1.67. The predicted octanol–water partition coefficient (Wildman–Crippen LogP) is 5.97. The molecule has 0 aliphatic heterocycles. The fraction of sp³-hybridized carbons (Fsp3) is 0.0741. The Hall–Kier alpha value is -3.85. The summed E-state index contributed by atoms with van der Waals surface area (Å²) in [5, 5.41) is 0. The van der Waals surface area contributed by atoms with Gasteiger partial charge in [0.1, 0.15) is 11.5 Å². The molecule has 3 aromatic carbocycles. The van der Waals surface area contributed by atoms with Crippen LogP contribution < -0.4 is 9.47 Å². The van der Waals surface area contributed by atoms with E-state index in [1.54, 1.807) is 20.3 Å². The molecule has 0 fully saturated rings. The number of rotatable bonds is 5. The van der Waals surface area contributed by atoms with Gasteiger partial charge in [0, 0.05) is 5.56 Å². The first-order valence-corrected chi connectivity index (χ1v) is 9.72. The number of carbonyl (C=O) groups is 1. The first-order valence-electron chi connectivity index (χ1n) is 9.72. The number of ketones is 1. The van der Waals surface area contributed by atoms with E-state index in [1.165, 1.54) is 0 Å². The Morgan fingerprint density at radius 3 is 1.77 bits per heavy atom. The topological polar surface area (TPSA) is 35.5 Å². The molecule has 0 bridgehead atoms. The molecule has 0 saturated heterocycles. The maximum Gasteiger partial charge on any atom is 0.186 e. The number of methoxy groups -OCH3 is 2. The molecule has 4 rings (SSSR count). The maximum absolute atomic E-state index is 12.2. The second-order valence-corrected chi connectivity index (χ2v) is 6.90. The van der Waals surface area contributed by atoms with E-state index >= 15 is 0 Å². The van der Waals surface area contributed by atoms with Crippen LogP contribution in [-0.2, 0) is 0 Å². The summed E-state index contributed by atoms with van der Waals surface area (Å²) in [6, 6.07) is 23.7. The highest BCUT2D eigenvalue weighted by atomic mass is 16.5. The molecule has 1 aliphatic carbocycles. The van der Waals surface area contributed by atoms with Gasteiger partial charge in [-0.25, -0.2) is 0 Å². The summed E-state index contributed by atoms with van der Waals surface area (Å²) in [4.78, 5) is 12.2. The van der Waals surface area contributed by atoms with Gasteiger partial charge < -0.3 is 9.47 Å². The Kier molecular flexibility index (Phi) is 5.62. The van der Waals surface area contributed by atoms with E-state index in [1.807, 2.05) is 78.9 Å². The van der Waals surface area contributed by atoms with Crippen molar-refractivity contribution >= 4 is 16.9 Å². The number of carbonyl (C=O) groups excluding carboxylic acids is 1. The van der Waals surface area contributed by atoms with Crippen LogP contribution in [0.25, 0.3) is 11.1 Å². The molecule has 0 aromatic heterocycles. The number of benzene rings is 3. The largest absolute Gasteiger partial charge is 0.497 e. The fourth-order valence-corrected chi connectivity index (χ4v) is 3.51. The smallest absolute Gasteiger partial charge is 0.186 e. The lowest BCUT2D eigenvalue weighted by Crippen LogP contribution is -2.04. The van der Waals surface area contributed by atoms with E-state index in [2.05, 4.69) is 12.2 Å². The molecule has 0 unspecified atom stereocenters. The minimum Gasteiger partial charge on any atom is -0.497 e. The summed E-state index contributed by atoms with van der Waals surface area (Å²) in [6.07, 6.45) is 7.66. The summed E-state index contributed by atoms with van der Waals surface area (Å²) < 4.78 is 10.6. The highest BCUT2D eigenvalue weighted by Gasteiger charge is 2.15. The van der Waals surface area contributed by atoms with Crippen LogP contribution in [0.5, 0.6) is 11.5 Å². The number of hydrogen-bond donors (Lipinski definition) is 0. The summed E-state index contributed by atoms with van der Waals surface area (Å²) in [5.41, 5.74) is 5.89. The van der Waals surface area contributed by atoms with E-state index in [0.29, 0.717) is 0 Å². The minimum absolute atomic E-state index is 0.0391. The fourth-order valence-electron chi connectivity index (χ4n) is 3.51. The average Bonchev–Trinajstić information content (AvgIpc) is 2.81. The maximum atomic E-state index is 12.2. The Bertz CT molecular complexity index is 1100. The second-order valence-electron chi connectivity index (χ2n) is 6.90. The van der Waals surface area contributed by atoms with Gasteiger partial charge in [0.15, 0.2) is 5.78 Å². The van der Waals surface area contributed by atoms with Gasteiger partial charge in [-0.15, -0.1) is 0 Å². The lowest BCUT2D eigenvalue weighted by Gasteiger charge is -2.13. The normalized spacial score (nSPS) is 13.7. The van der Waals surface area contributed by atoms with Crippen LogP contribution in [-0.4, -0.2) is 20.0 Å². The van der Waals surface area contributed by atoms with E-state index in [0.717, 1.165) is 44.9 Å². The third-order valence-electron chi connectivity index (χ3n) is 5.15. The third kappa shape index (κ3) is 3.96. The average molecular weight is 394 g/mol. The molecular formula is C27H22O3. The molecule has 3 aromatic rings. The van der Waals surface area contributed by atoms with Crippen LogP contribution in [0.1, 0.15) is 27.0 Å². The molecular weight excluding hydrogens is 372 g/mol. The molecule has 3 heteroatoms. The van der Waals surface area contributed by atoms with Gasteiger partial charge in [0.05, 0.1) is 14.2 Å². The van der Waals surface area contributed by atoms with Crippen molar-refractivity contribution in [1.29, 1.82) is 0 Å². The summed E-state index contributed by atoms with van der Waals surface area (Å²) in [7, 11) is 3.32. The van der Waals surface area contributed by atoms with Crippen molar-refractivity contribution in [1.82, 2.24) is 0 Å². The Morgan fingerprint density at radius 1 is 0.700 bits per heavy atom.